The third kappa shape index (κ3) is 3.23. The lowest BCUT2D eigenvalue weighted by atomic mass is 10.0. The van der Waals surface area contributed by atoms with Gasteiger partial charge < -0.3 is 10.5 Å². The van der Waals surface area contributed by atoms with Crippen LogP contribution >= 0.6 is 0 Å². The summed E-state index contributed by atoms with van der Waals surface area (Å²) in [6.07, 6.45) is 0.215. The van der Waals surface area contributed by atoms with Crippen LogP contribution in [-0.2, 0) is 6.42 Å². The van der Waals surface area contributed by atoms with Crippen LogP contribution in [0.25, 0.3) is 0 Å². The van der Waals surface area contributed by atoms with Crippen molar-refractivity contribution >= 4 is 0 Å². The average molecular weight is 265 g/mol. The number of nitrogens with zero attached hydrogens (tertiary/aromatic N) is 2. The fraction of sp³-hybridized carbons (Fsp3) is 0.231. The smallest absolute Gasteiger partial charge is 0.233 e. The van der Waals surface area contributed by atoms with Crippen LogP contribution in [0.1, 0.15) is 17.3 Å². The molecule has 0 radical (unpaired) electrons. The molecule has 19 heavy (non-hydrogen) atoms. The fourth-order valence-corrected chi connectivity index (χ4v) is 1.67. The van der Waals surface area contributed by atoms with E-state index in [9.17, 15) is 8.78 Å². The van der Waals surface area contributed by atoms with Crippen LogP contribution in [0.5, 0.6) is 5.88 Å². The quantitative estimate of drug-likeness (QED) is 0.918. The van der Waals surface area contributed by atoms with Gasteiger partial charge in [0.15, 0.2) is 0 Å². The molecule has 2 rings (SSSR count). The molecule has 1 aromatic carbocycles. The van der Waals surface area contributed by atoms with Crippen molar-refractivity contribution in [3.05, 3.63) is 53.2 Å². The zero-order chi connectivity index (χ0) is 13.8. The minimum Gasteiger partial charge on any atom is -0.480 e. The van der Waals surface area contributed by atoms with E-state index in [1.54, 1.807) is 12.1 Å². The van der Waals surface area contributed by atoms with Crippen LogP contribution < -0.4 is 10.5 Å². The Morgan fingerprint density at radius 1 is 1.21 bits per heavy atom. The van der Waals surface area contributed by atoms with Crippen molar-refractivity contribution in [1.29, 1.82) is 0 Å². The molecular formula is C13H13F2N3O. The maximum Gasteiger partial charge on any atom is 0.233 e. The van der Waals surface area contributed by atoms with E-state index in [0.717, 1.165) is 6.07 Å². The van der Waals surface area contributed by atoms with E-state index in [1.807, 2.05) is 0 Å². The number of nitrogens with two attached hydrogens (primary N) is 1. The lowest BCUT2D eigenvalue weighted by molar-refractivity contribution is 0.390. The highest BCUT2D eigenvalue weighted by atomic mass is 19.1. The van der Waals surface area contributed by atoms with Gasteiger partial charge in [-0.25, -0.2) is 8.78 Å². The summed E-state index contributed by atoms with van der Waals surface area (Å²) in [6, 6.07) is 6.19. The molecule has 0 aliphatic heterocycles. The van der Waals surface area contributed by atoms with Crippen LogP contribution in [0.2, 0.25) is 0 Å². The van der Waals surface area contributed by atoms with E-state index in [0.29, 0.717) is 17.1 Å². The second kappa shape index (κ2) is 5.71. The number of benzene rings is 1. The standard InChI is InChI=1S/C13H13F2N3O/c1-19-13-5-4-12(17-18-13)11(16)6-8-2-3-9(14)7-10(8)15/h2-5,7,11H,6,16H2,1H3. The highest BCUT2D eigenvalue weighted by molar-refractivity contribution is 5.22. The molecule has 0 aliphatic rings. The minimum absolute atomic E-state index is 0.215. The summed E-state index contributed by atoms with van der Waals surface area (Å²) in [4.78, 5) is 0. The molecule has 0 saturated heterocycles. The molecule has 100 valence electrons. The summed E-state index contributed by atoms with van der Waals surface area (Å²) < 4.78 is 31.2. The topological polar surface area (TPSA) is 61.0 Å². The van der Waals surface area contributed by atoms with Gasteiger partial charge >= 0.3 is 0 Å². The van der Waals surface area contributed by atoms with Gasteiger partial charge in [0.05, 0.1) is 18.8 Å². The van der Waals surface area contributed by atoms with Crippen LogP contribution in [-0.4, -0.2) is 17.3 Å². The molecule has 1 aromatic heterocycles. The Hall–Kier alpha value is -2.08. The van der Waals surface area contributed by atoms with Gasteiger partial charge in [0, 0.05) is 12.1 Å². The van der Waals surface area contributed by atoms with Crippen LogP contribution in [0, 0.1) is 11.6 Å². The maximum absolute atomic E-state index is 13.5. The third-order valence-electron chi connectivity index (χ3n) is 2.70. The summed E-state index contributed by atoms with van der Waals surface area (Å²) in [5, 5.41) is 7.69. The monoisotopic (exact) mass is 265 g/mol. The minimum atomic E-state index is -0.614. The zero-order valence-electron chi connectivity index (χ0n) is 10.3. The van der Waals surface area contributed by atoms with Gasteiger partial charge in [0.1, 0.15) is 11.6 Å². The molecule has 2 aromatic rings. The Morgan fingerprint density at radius 2 is 2.00 bits per heavy atom. The summed E-state index contributed by atoms with van der Waals surface area (Å²) >= 11 is 0. The first-order valence-corrected chi connectivity index (χ1v) is 5.67. The van der Waals surface area contributed by atoms with Crippen molar-refractivity contribution in [2.24, 2.45) is 5.73 Å². The molecule has 0 aliphatic carbocycles. The lowest BCUT2D eigenvalue weighted by Gasteiger charge is -2.11. The number of aromatic nitrogens is 2. The summed E-state index contributed by atoms with van der Waals surface area (Å²) in [5.41, 5.74) is 6.78. The van der Waals surface area contributed by atoms with Crippen molar-refractivity contribution in [1.82, 2.24) is 10.2 Å². The van der Waals surface area contributed by atoms with Gasteiger partial charge in [-0.15, -0.1) is 5.10 Å². The normalized spacial score (nSPS) is 12.2. The summed E-state index contributed by atoms with van der Waals surface area (Å²) in [5.74, 6) is -0.847. The first-order chi connectivity index (χ1) is 9.10. The highest BCUT2D eigenvalue weighted by Crippen LogP contribution is 2.18. The molecule has 0 spiro atoms. The van der Waals surface area contributed by atoms with Gasteiger partial charge in [-0.3, -0.25) is 0 Å². The Morgan fingerprint density at radius 3 is 2.58 bits per heavy atom. The van der Waals surface area contributed by atoms with Crippen molar-refractivity contribution in [2.45, 2.75) is 12.5 Å². The average Bonchev–Trinajstić information content (AvgIpc) is 2.42. The fourth-order valence-electron chi connectivity index (χ4n) is 1.67. The number of methoxy groups -OCH3 is 1. The Kier molecular flexibility index (Phi) is 4.01. The Balaban J connectivity index is 2.13. The number of halogens is 2. The van der Waals surface area contributed by atoms with Gasteiger partial charge in [-0.2, -0.15) is 5.10 Å². The van der Waals surface area contributed by atoms with E-state index in [4.69, 9.17) is 10.5 Å². The van der Waals surface area contributed by atoms with Gasteiger partial charge in [-0.1, -0.05) is 6.07 Å². The zero-order valence-corrected chi connectivity index (χ0v) is 10.3. The molecule has 0 amide bonds. The van der Waals surface area contributed by atoms with Crippen molar-refractivity contribution in [3.63, 3.8) is 0 Å². The van der Waals surface area contributed by atoms with E-state index in [-0.39, 0.29) is 6.42 Å². The predicted octanol–water partition coefficient (Wildman–Crippen LogP) is 2.01. The van der Waals surface area contributed by atoms with Crippen molar-refractivity contribution < 1.29 is 13.5 Å². The first kappa shape index (κ1) is 13.4. The molecule has 4 nitrogen and oxygen atoms in total. The molecule has 6 heteroatoms. The summed E-state index contributed by atoms with van der Waals surface area (Å²) in [6.45, 7) is 0. The van der Waals surface area contributed by atoms with Gasteiger partial charge in [0.25, 0.3) is 0 Å². The second-order valence-corrected chi connectivity index (χ2v) is 4.05. The SMILES string of the molecule is COc1ccc(C(N)Cc2ccc(F)cc2F)nn1. The van der Waals surface area contributed by atoms with E-state index in [2.05, 4.69) is 10.2 Å². The number of ether oxygens (including phenoxy) is 1. The molecule has 0 bridgehead atoms. The molecular weight excluding hydrogens is 252 g/mol. The Labute approximate surface area is 109 Å². The van der Waals surface area contributed by atoms with Crippen molar-refractivity contribution in [2.75, 3.05) is 7.11 Å². The predicted molar refractivity (Wildman–Crippen MR) is 65.6 cm³/mol. The number of rotatable bonds is 4. The second-order valence-electron chi connectivity index (χ2n) is 4.05. The number of hydrogen-bond acceptors (Lipinski definition) is 4. The largest absolute Gasteiger partial charge is 0.480 e. The van der Waals surface area contributed by atoms with E-state index in [1.165, 1.54) is 19.2 Å². The number of hydrogen-bond donors (Lipinski definition) is 1. The van der Waals surface area contributed by atoms with Crippen LogP contribution in [0.15, 0.2) is 30.3 Å². The van der Waals surface area contributed by atoms with Crippen molar-refractivity contribution in [3.8, 4) is 5.88 Å². The molecule has 1 unspecified atom stereocenters. The van der Waals surface area contributed by atoms with E-state index < -0.39 is 17.7 Å². The lowest BCUT2D eigenvalue weighted by Crippen LogP contribution is -2.16. The molecule has 1 atom stereocenters. The first-order valence-electron chi connectivity index (χ1n) is 5.67. The molecule has 1 heterocycles. The van der Waals surface area contributed by atoms with E-state index >= 15 is 0 Å². The van der Waals surface area contributed by atoms with Crippen LogP contribution in [0.3, 0.4) is 0 Å². The van der Waals surface area contributed by atoms with Gasteiger partial charge in [0.2, 0.25) is 5.88 Å². The third-order valence-corrected chi connectivity index (χ3v) is 2.70. The molecule has 0 saturated carbocycles. The van der Waals surface area contributed by atoms with Crippen LogP contribution in [0.4, 0.5) is 8.78 Å². The maximum atomic E-state index is 13.5. The Bertz CT molecular complexity index is 560. The highest BCUT2D eigenvalue weighted by Gasteiger charge is 2.13. The molecule has 0 fully saturated rings. The van der Waals surface area contributed by atoms with Gasteiger partial charge in [-0.05, 0) is 24.1 Å². The molecule has 2 N–H and O–H groups in total. The summed E-state index contributed by atoms with van der Waals surface area (Å²) in [7, 11) is 1.48.